The summed E-state index contributed by atoms with van der Waals surface area (Å²) in [6, 6.07) is 18.5. The molecule has 0 unspecified atom stereocenters. The molecule has 230 valence electrons. The zero-order valence-corrected chi connectivity index (χ0v) is 25.5. The topological polar surface area (TPSA) is 110 Å². The molecule has 0 bridgehead atoms. The molecule has 10 nitrogen and oxygen atoms in total. The number of rotatable bonds is 7. The van der Waals surface area contributed by atoms with E-state index in [1.54, 1.807) is 19.1 Å². The van der Waals surface area contributed by atoms with Crippen molar-refractivity contribution < 1.29 is 18.8 Å². The van der Waals surface area contributed by atoms with E-state index in [0.29, 0.717) is 27.2 Å². The minimum absolute atomic E-state index is 0.0907. The summed E-state index contributed by atoms with van der Waals surface area (Å²) in [6.45, 7) is 4.91. The molecule has 0 N–H and O–H groups in total. The number of ether oxygens (including phenoxy) is 1. The summed E-state index contributed by atoms with van der Waals surface area (Å²) in [7, 11) is 2.04. The highest BCUT2D eigenvalue weighted by molar-refractivity contribution is 7.07. The number of aromatic nitrogens is 1. The summed E-state index contributed by atoms with van der Waals surface area (Å²) in [4.78, 5) is 48.6. The Morgan fingerprint density at radius 2 is 1.80 bits per heavy atom. The lowest BCUT2D eigenvalue weighted by molar-refractivity contribution is -0.384. The van der Waals surface area contributed by atoms with Crippen molar-refractivity contribution in [3.63, 3.8) is 0 Å². The van der Waals surface area contributed by atoms with Gasteiger partial charge in [0.05, 0.1) is 33.4 Å². The zero-order valence-electron chi connectivity index (χ0n) is 24.7. The maximum absolute atomic E-state index is 14.3. The molecule has 0 amide bonds. The van der Waals surface area contributed by atoms with Gasteiger partial charge in [0.2, 0.25) is 0 Å². The fraction of sp³-hybridized carbons (Fsp3) is 0.242. The lowest BCUT2D eigenvalue weighted by atomic mass is 9.93. The molecule has 3 heterocycles. The number of benzene rings is 3. The monoisotopic (exact) mass is 627 g/mol. The molecule has 1 aromatic heterocycles. The molecule has 2 aliphatic rings. The van der Waals surface area contributed by atoms with Gasteiger partial charge in [0.15, 0.2) is 4.80 Å². The second-order valence-electron chi connectivity index (χ2n) is 10.8. The number of nitro groups is 1. The number of carbonyl (C=O) groups excluding carboxylic acids is 1. The SMILES string of the molecule is CCOC(=O)C1=C(c2ccccc2)N=c2sc(=Cc3cc([N+](=O)[O-])ccc3N3CCN(C)CC3)c(=O)n2[C@@H]1c1ccc(F)cc1. The number of piperazine rings is 1. The molecule has 0 spiro atoms. The van der Waals surface area contributed by atoms with Crippen LogP contribution in [0.2, 0.25) is 0 Å². The second-order valence-corrected chi connectivity index (χ2v) is 11.8. The Morgan fingerprint density at radius 3 is 2.47 bits per heavy atom. The van der Waals surface area contributed by atoms with E-state index in [9.17, 15) is 24.1 Å². The minimum atomic E-state index is -0.958. The Kier molecular flexibility index (Phi) is 8.42. The van der Waals surface area contributed by atoms with Gasteiger partial charge in [-0.2, -0.15) is 0 Å². The van der Waals surface area contributed by atoms with E-state index in [2.05, 4.69) is 9.80 Å². The number of nitro benzene ring substituents is 1. The van der Waals surface area contributed by atoms with Crippen molar-refractivity contribution in [3.8, 4) is 0 Å². The molecule has 0 saturated carbocycles. The normalized spacial score (nSPS) is 17.2. The standard InChI is InChI=1S/C33H30FN5O5S/c1-3-44-32(41)28-29(21-7-5-4-6-8-21)35-33-38(30(28)22-9-11-24(34)12-10-22)31(40)27(45-33)20-23-19-25(39(42)43)13-14-26(23)37-17-15-36(2)16-18-37/h4-14,19-20,30H,3,15-18H2,1-2H3/t30-/m1/s1. The number of hydrogen-bond donors (Lipinski definition) is 0. The largest absolute Gasteiger partial charge is 0.463 e. The first-order chi connectivity index (χ1) is 21.7. The lowest BCUT2D eigenvalue weighted by Crippen LogP contribution is -2.44. The van der Waals surface area contributed by atoms with Gasteiger partial charge in [-0.15, -0.1) is 0 Å². The van der Waals surface area contributed by atoms with E-state index in [4.69, 9.17) is 9.73 Å². The van der Waals surface area contributed by atoms with Crippen LogP contribution in [0.4, 0.5) is 15.8 Å². The average Bonchev–Trinajstić information content (AvgIpc) is 3.35. The number of carbonyl (C=O) groups is 1. The number of hydrogen-bond acceptors (Lipinski definition) is 9. The number of anilines is 1. The van der Waals surface area contributed by atoms with Crippen molar-refractivity contribution in [2.24, 2.45) is 4.99 Å². The van der Waals surface area contributed by atoms with Crippen LogP contribution in [0.1, 0.15) is 29.7 Å². The molecule has 1 saturated heterocycles. The molecule has 0 radical (unpaired) electrons. The quantitative estimate of drug-likeness (QED) is 0.175. The Morgan fingerprint density at radius 1 is 1.09 bits per heavy atom. The summed E-state index contributed by atoms with van der Waals surface area (Å²) in [5, 5.41) is 11.7. The van der Waals surface area contributed by atoms with Gasteiger partial charge in [-0.1, -0.05) is 53.8 Å². The molecule has 1 fully saturated rings. The van der Waals surface area contributed by atoms with Gasteiger partial charge >= 0.3 is 5.97 Å². The number of esters is 1. The molecule has 6 rings (SSSR count). The predicted octanol–water partition coefficient (Wildman–Crippen LogP) is 3.73. The molecule has 12 heteroatoms. The van der Waals surface area contributed by atoms with Crippen LogP contribution in [0.5, 0.6) is 0 Å². The third-order valence-electron chi connectivity index (χ3n) is 7.91. The first-order valence-electron chi connectivity index (χ1n) is 14.5. The van der Waals surface area contributed by atoms with Crippen molar-refractivity contribution in [2.75, 3.05) is 44.7 Å². The number of likely N-dealkylation sites (N-methyl/N-ethyl adjacent to an activating group) is 1. The second kappa shape index (κ2) is 12.6. The van der Waals surface area contributed by atoms with Crippen molar-refractivity contribution in [2.45, 2.75) is 13.0 Å². The van der Waals surface area contributed by atoms with E-state index in [1.807, 2.05) is 37.4 Å². The van der Waals surface area contributed by atoms with Gasteiger partial charge < -0.3 is 14.5 Å². The highest BCUT2D eigenvalue weighted by atomic mass is 32.1. The van der Waals surface area contributed by atoms with Crippen LogP contribution in [-0.2, 0) is 9.53 Å². The molecular formula is C33H30FN5O5S. The molecular weight excluding hydrogens is 597 g/mol. The number of halogens is 1. The third kappa shape index (κ3) is 5.94. The number of non-ortho nitro benzene ring substituents is 1. The fourth-order valence-corrected chi connectivity index (χ4v) is 6.64. The van der Waals surface area contributed by atoms with Crippen LogP contribution < -0.4 is 19.8 Å². The van der Waals surface area contributed by atoms with E-state index in [0.717, 1.165) is 43.2 Å². The first kappa shape index (κ1) is 30.1. The fourth-order valence-electron chi connectivity index (χ4n) is 5.65. The predicted molar refractivity (Wildman–Crippen MR) is 170 cm³/mol. The van der Waals surface area contributed by atoms with Crippen molar-refractivity contribution >= 4 is 40.5 Å². The maximum atomic E-state index is 14.3. The third-order valence-corrected chi connectivity index (χ3v) is 8.89. The molecule has 1 atom stereocenters. The molecule has 4 aromatic rings. The van der Waals surface area contributed by atoms with Crippen LogP contribution in [-0.4, -0.2) is 60.2 Å². The summed E-state index contributed by atoms with van der Waals surface area (Å²) < 4.78 is 21.2. The van der Waals surface area contributed by atoms with E-state index in [1.165, 1.54) is 41.0 Å². The van der Waals surface area contributed by atoms with Gasteiger partial charge in [0.1, 0.15) is 5.82 Å². The highest BCUT2D eigenvalue weighted by Crippen LogP contribution is 2.35. The highest BCUT2D eigenvalue weighted by Gasteiger charge is 2.35. The Labute approximate surface area is 261 Å². The van der Waals surface area contributed by atoms with Crippen LogP contribution in [0.25, 0.3) is 11.8 Å². The zero-order chi connectivity index (χ0) is 31.7. The Hall–Kier alpha value is -4.94. The van der Waals surface area contributed by atoms with Crippen LogP contribution in [0.3, 0.4) is 0 Å². The number of thiazole rings is 1. The average molecular weight is 628 g/mol. The summed E-state index contributed by atoms with van der Waals surface area (Å²) in [6.07, 6.45) is 1.66. The molecule has 2 aliphatic heterocycles. The summed E-state index contributed by atoms with van der Waals surface area (Å²) >= 11 is 1.13. The molecule has 0 aliphatic carbocycles. The molecule has 3 aromatic carbocycles. The van der Waals surface area contributed by atoms with Gasteiger partial charge in [0.25, 0.3) is 11.2 Å². The van der Waals surface area contributed by atoms with Gasteiger partial charge in [-0.3, -0.25) is 19.5 Å². The van der Waals surface area contributed by atoms with Crippen molar-refractivity contribution in [3.05, 3.63) is 131 Å². The van der Waals surface area contributed by atoms with Crippen LogP contribution in [0, 0.1) is 15.9 Å². The summed E-state index contributed by atoms with van der Waals surface area (Å²) in [5.41, 5.74) is 2.46. The Balaban J connectivity index is 1.60. The van der Waals surface area contributed by atoms with E-state index >= 15 is 0 Å². The van der Waals surface area contributed by atoms with Gasteiger partial charge in [-0.25, -0.2) is 14.2 Å². The van der Waals surface area contributed by atoms with Crippen LogP contribution >= 0.6 is 11.3 Å². The summed E-state index contributed by atoms with van der Waals surface area (Å²) in [5.74, 6) is -1.10. The smallest absolute Gasteiger partial charge is 0.338 e. The maximum Gasteiger partial charge on any atom is 0.338 e. The van der Waals surface area contributed by atoms with E-state index in [-0.39, 0.29) is 22.4 Å². The van der Waals surface area contributed by atoms with Crippen molar-refractivity contribution in [1.82, 2.24) is 9.47 Å². The van der Waals surface area contributed by atoms with Crippen LogP contribution in [0.15, 0.2) is 88.2 Å². The van der Waals surface area contributed by atoms with Gasteiger partial charge in [0, 0.05) is 55.1 Å². The first-order valence-corrected chi connectivity index (χ1v) is 15.3. The minimum Gasteiger partial charge on any atom is -0.463 e. The van der Waals surface area contributed by atoms with E-state index < -0.39 is 28.3 Å². The van der Waals surface area contributed by atoms with Gasteiger partial charge in [-0.05, 0) is 43.8 Å². The van der Waals surface area contributed by atoms with Crippen molar-refractivity contribution in [1.29, 1.82) is 0 Å². The molecule has 45 heavy (non-hydrogen) atoms. The Bertz CT molecular complexity index is 1980. The number of nitrogens with zero attached hydrogens (tertiary/aromatic N) is 5. The number of fused-ring (bicyclic) bond motifs is 1. The lowest BCUT2D eigenvalue weighted by Gasteiger charge is -2.34.